The molecular formula is C11H21N3O5. The zero-order chi connectivity index (χ0) is 14.3. The SMILES string of the molecule is CC(C)(CO[N+](=O)[O-])C(=O)NCCN1CCOCC1. The minimum Gasteiger partial charge on any atom is -0.379 e. The Morgan fingerprint density at radius 2 is 2.11 bits per heavy atom. The molecule has 19 heavy (non-hydrogen) atoms. The fourth-order valence-electron chi connectivity index (χ4n) is 1.67. The Morgan fingerprint density at radius 1 is 1.47 bits per heavy atom. The molecule has 1 saturated heterocycles. The molecule has 0 aromatic heterocycles. The molecule has 0 aromatic carbocycles. The molecule has 0 unspecified atom stereocenters. The molecule has 1 rings (SSSR count). The minimum absolute atomic E-state index is 0.247. The van der Waals surface area contributed by atoms with Gasteiger partial charge in [-0.25, -0.2) is 0 Å². The third kappa shape index (κ3) is 5.84. The molecule has 0 saturated carbocycles. The first-order chi connectivity index (χ1) is 8.92. The average Bonchev–Trinajstić information content (AvgIpc) is 2.37. The highest BCUT2D eigenvalue weighted by atomic mass is 16.9. The number of carbonyl (C=O) groups is 1. The summed E-state index contributed by atoms with van der Waals surface area (Å²) in [4.78, 5) is 28.4. The zero-order valence-electron chi connectivity index (χ0n) is 11.4. The molecule has 110 valence electrons. The summed E-state index contributed by atoms with van der Waals surface area (Å²) >= 11 is 0. The highest BCUT2D eigenvalue weighted by Gasteiger charge is 2.29. The highest BCUT2D eigenvalue weighted by molar-refractivity contribution is 5.81. The van der Waals surface area contributed by atoms with Crippen LogP contribution in [-0.2, 0) is 14.4 Å². The summed E-state index contributed by atoms with van der Waals surface area (Å²) in [6, 6.07) is 0. The van der Waals surface area contributed by atoms with Gasteiger partial charge in [-0.1, -0.05) is 0 Å². The first kappa shape index (κ1) is 15.6. The van der Waals surface area contributed by atoms with E-state index in [-0.39, 0.29) is 12.5 Å². The van der Waals surface area contributed by atoms with E-state index < -0.39 is 10.5 Å². The van der Waals surface area contributed by atoms with Crippen molar-refractivity contribution < 1.29 is 19.5 Å². The van der Waals surface area contributed by atoms with Crippen LogP contribution < -0.4 is 5.32 Å². The number of carbonyl (C=O) groups excluding carboxylic acids is 1. The Kier molecular flexibility index (Phi) is 5.97. The highest BCUT2D eigenvalue weighted by Crippen LogP contribution is 2.15. The smallest absolute Gasteiger partial charge is 0.294 e. The summed E-state index contributed by atoms with van der Waals surface area (Å²) < 4.78 is 5.23. The number of ether oxygens (including phenoxy) is 1. The maximum atomic E-state index is 11.9. The lowest BCUT2D eigenvalue weighted by atomic mass is 9.94. The molecule has 0 aliphatic carbocycles. The van der Waals surface area contributed by atoms with E-state index in [0.717, 1.165) is 32.8 Å². The van der Waals surface area contributed by atoms with Gasteiger partial charge in [0.2, 0.25) is 5.91 Å². The first-order valence-corrected chi connectivity index (χ1v) is 6.27. The van der Waals surface area contributed by atoms with E-state index in [4.69, 9.17) is 4.74 Å². The lowest BCUT2D eigenvalue weighted by Gasteiger charge is -2.27. The van der Waals surface area contributed by atoms with Crippen molar-refractivity contribution >= 4 is 5.91 Å². The predicted octanol–water partition coefficient (Wildman–Crippen LogP) is -0.331. The predicted molar refractivity (Wildman–Crippen MR) is 67.0 cm³/mol. The zero-order valence-corrected chi connectivity index (χ0v) is 11.4. The Balaban J connectivity index is 2.23. The molecule has 0 spiro atoms. The van der Waals surface area contributed by atoms with Gasteiger partial charge in [0.25, 0.3) is 5.09 Å². The summed E-state index contributed by atoms with van der Waals surface area (Å²) in [6.45, 7) is 7.41. The maximum absolute atomic E-state index is 11.9. The minimum atomic E-state index is -0.919. The maximum Gasteiger partial charge on any atom is 0.294 e. The molecule has 0 aromatic rings. The summed E-state index contributed by atoms with van der Waals surface area (Å²) in [7, 11) is 0. The Bertz CT molecular complexity index is 315. The summed E-state index contributed by atoms with van der Waals surface area (Å²) in [5.74, 6) is -0.248. The van der Waals surface area contributed by atoms with Gasteiger partial charge >= 0.3 is 0 Å². The number of rotatable bonds is 7. The van der Waals surface area contributed by atoms with Crippen molar-refractivity contribution in [2.75, 3.05) is 46.0 Å². The van der Waals surface area contributed by atoms with E-state index in [1.54, 1.807) is 13.8 Å². The van der Waals surface area contributed by atoms with Gasteiger partial charge < -0.3 is 14.9 Å². The van der Waals surface area contributed by atoms with Gasteiger partial charge in [0.05, 0.1) is 18.6 Å². The largest absolute Gasteiger partial charge is 0.379 e. The lowest BCUT2D eigenvalue weighted by Crippen LogP contribution is -2.45. The van der Waals surface area contributed by atoms with E-state index in [1.807, 2.05) is 0 Å². The van der Waals surface area contributed by atoms with Gasteiger partial charge in [0.15, 0.2) is 0 Å². The van der Waals surface area contributed by atoms with Crippen molar-refractivity contribution in [1.29, 1.82) is 0 Å². The number of morpholine rings is 1. The van der Waals surface area contributed by atoms with Crippen LogP contribution in [0.2, 0.25) is 0 Å². The molecule has 8 nitrogen and oxygen atoms in total. The van der Waals surface area contributed by atoms with Crippen LogP contribution in [0.1, 0.15) is 13.8 Å². The Labute approximate surface area is 112 Å². The van der Waals surface area contributed by atoms with Gasteiger partial charge in [0.1, 0.15) is 6.61 Å². The van der Waals surface area contributed by atoms with Crippen LogP contribution in [-0.4, -0.2) is 61.9 Å². The number of nitrogens with zero attached hydrogens (tertiary/aromatic N) is 2. The van der Waals surface area contributed by atoms with Crippen molar-refractivity contribution in [3.05, 3.63) is 10.1 Å². The number of hydrogen-bond acceptors (Lipinski definition) is 6. The molecule has 1 heterocycles. The molecule has 1 amide bonds. The molecule has 1 aliphatic heterocycles. The van der Waals surface area contributed by atoms with Gasteiger partial charge in [-0.05, 0) is 13.8 Å². The fourth-order valence-corrected chi connectivity index (χ4v) is 1.67. The van der Waals surface area contributed by atoms with Crippen molar-refractivity contribution in [3.63, 3.8) is 0 Å². The van der Waals surface area contributed by atoms with E-state index in [1.165, 1.54) is 0 Å². The standard InChI is InChI=1S/C11H21N3O5/c1-11(2,9-19-14(16)17)10(15)12-3-4-13-5-7-18-8-6-13/h3-9H2,1-2H3,(H,12,15). The third-order valence-electron chi connectivity index (χ3n) is 2.96. The van der Waals surface area contributed by atoms with Crippen molar-refractivity contribution in [3.8, 4) is 0 Å². The second kappa shape index (κ2) is 7.25. The second-order valence-corrected chi connectivity index (χ2v) is 5.09. The average molecular weight is 275 g/mol. The van der Waals surface area contributed by atoms with E-state index in [2.05, 4.69) is 15.1 Å². The van der Waals surface area contributed by atoms with Crippen LogP contribution in [0.15, 0.2) is 0 Å². The Morgan fingerprint density at radius 3 is 2.68 bits per heavy atom. The van der Waals surface area contributed by atoms with Crippen molar-refractivity contribution in [1.82, 2.24) is 10.2 Å². The van der Waals surface area contributed by atoms with Gasteiger partial charge in [-0.2, -0.15) is 0 Å². The molecule has 0 atom stereocenters. The van der Waals surface area contributed by atoms with Gasteiger partial charge in [-0.3, -0.25) is 9.69 Å². The molecule has 0 bridgehead atoms. The molecule has 1 N–H and O–H groups in total. The van der Waals surface area contributed by atoms with Crippen LogP contribution in [0.5, 0.6) is 0 Å². The molecular weight excluding hydrogens is 254 g/mol. The quantitative estimate of drug-likeness (QED) is 0.505. The van der Waals surface area contributed by atoms with Crippen LogP contribution >= 0.6 is 0 Å². The summed E-state index contributed by atoms with van der Waals surface area (Å²) in [5.41, 5.74) is -0.919. The summed E-state index contributed by atoms with van der Waals surface area (Å²) in [6.07, 6.45) is 0. The van der Waals surface area contributed by atoms with Crippen LogP contribution in [0.25, 0.3) is 0 Å². The van der Waals surface area contributed by atoms with Crippen LogP contribution in [0.3, 0.4) is 0 Å². The molecule has 1 aliphatic rings. The third-order valence-corrected chi connectivity index (χ3v) is 2.96. The topological polar surface area (TPSA) is 93.9 Å². The van der Waals surface area contributed by atoms with Crippen LogP contribution in [0.4, 0.5) is 0 Å². The van der Waals surface area contributed by atoms with E-state index in [9.17, 15) is 14.9 Å². The summed E-state index contributed by atoms with van der Waals surface area (Å²) in [5, 5.41) is 12.0. The van der Waals surface area contributed by atoms with E-state index >= 15 is 0 Å². The fraction of sp³-hybridized carbons (Fsp3) is 0.909. The van der Waals surface area contributed by atoms with Crippen LogP contribution in [0, 0.1) is 15.5 Å². The number of nitrogens with one attached hydrogen (secondary N) is 1. The van der Waals surface area contributed by atoms with Crippen molar-refractivity contribution in [2.45, 2.75) is 13.8 Å². The monoisotopic (exact) mass is 275 g/mol. The van der Waals surface area contributed by atoms with Gasteiger partial charge in [0, 0.05) is 26.2 Å². The number of amides is 1. The van der Waals surface area contributed by atoms with Crippen molar-refractivity contribution in [2.24, 2.45) is 5.41 Å². The molecule has 8 heteroatoms. The van der Waals surface area contributed by atoms with E-state index in [0.29, 0.717) is 6.54 Å². The molecule has 0 radical (unpaired) electrons. The molecule has 1 fully saturated rings. The Hall–Kier alpha value is -1.41. The number of hydrogen-bond donors (Lipinski definition) is 1. The first-order valence-electron chi connectivity index (χ1n) is 6.27. The lowest BCUT2D eigenvalue weighted by molar-refractivity contribution is -0.760. The van der Waals surface area contributed by atoms with Gasteiger partial charge in [-0.15, -0.1) is 10.1 Å². The normalized spacial score (nSPS) is 16.9. The second-order valence-electron chi connectivity index (χ2n) is 5.09.